The third-order valence-electron chi connectivity index (χ3n) is 9.94. The summed E-state index contributed by atoms with van der Waals surface area (Å²) >= 11 is 3.79. The van der Waals surface area contributed by atoms with E-state index in [0.29, 0.717) is 31.6 Å². The Kier molecular flexibility index (Phi) is 9.69. The van der Waals surface area contributed by atoms with Gasteiger partial charge >= 0.3 is 0 Å². The van der Waals surface area contributed by atoms with E-state index >= 15 is 4.79 Å². The molecule has 7 atom stereocenters. The van der Waals surface area contributed by atoms with E-state index in [0.717, 1.165) is 22.8 Å². The zero-order valence-corrected chi connectivity index (χ0v) is 28.3. The van der Waals surface area contributed by atoms with Crippen LogP contribution in [0.25, 0.3) is 10.8 Å². The van der Waals surface area contributed by atoms with Crippen LogP contribution in [0.3, 0.4) is 0 Å². The highest BCUT2D eigenvalue weighted by atomic mass is 79.9. The maximum Gasteiger partial charge on any atom is 0.253 e. The first kappa shape index (κ1) is 33.1. The van der Waals surface area contributed by atoms with Crippen molar-refractivity contribution in [2.24, 2.45) is 11.8 Å². The van der Waals surface area contributed by atoms with Crippen molar-refractivity contribution in [1.82, 2.24) is 9.80 Å². The van der Waals surface area contributed by atoms with Crippen molar-refractivity contribution >= 4 is 50.1 Å². The Hall–Kier alpha value is -3.79. The van der Waals surface area contributed by atoms with Crippen molar-refractivity contribution < 1.29 is 24.2 Å². The highest BCUT2D eigenvalue weighted by molar-refractivity contribution is 9.09. The van der Waals surface area contributed by atoms with Crippen molar-refractivity contribution in [3.63, 3.8) is 0 Å². The monoisotopic (exact) mass is 699 g/mol. The van der Waals surface area contributed by atoms with E-state index in [9.17, 15) is 14.7 Å². The number of hydrogen-bond donors (Lipinski definition) is 1. The lowest BCUT2D eigenvalue weighted by Crippen LogP contribution is -2.59. The maximum atomic E-state index is 15.1. The SMILES string of the molecule is C=CCN(CCC)C(=O)[C@H]1[C@H]2C(=O)N([C@@H](CO)Cc3ccccc3)C(C(=O)N(CC=C)c3ccc4ccccc4c3)C23CC(Br)[C@@H]1O3. The summed E-state index contributed by atoms with van der Waals surface area (Å²) in [6.07, 6.45) is 4.25. The zero-order chi connectivity index (χ0) is 33.3. The molecule has 3 fully saturated rings. The summed E-state index contributed by atoms with van der Waals surface area (Å²) in [5.74, 6) is -2.48. The fourth-order valence-corrected chi connectivity index (χ4v) is 8.97. The third kappa shape index (κ3) is 5.72. The summed E-state index contributed by atoms with van der Waals surface area (Å²) in [4.78, 5) is 49.0. The van der Waals surface area contributed by atoms with E-state index in [4.69, 9.17) is 4.74 Å². The van der Waals surface area contributed by atoms with E-state index in [1.807, 2.05) is 79.7 Å². The smallest absolute Gasteiger partial charge is 0.253 e. The number of amides is 3. The highest BCUT2D eigenvalue weighted by Crippen LogP contribution is 2.61. The van der Waals surface area contributed by atoms with E-state index in [2.05, 4.69) is 29.1 Å². The topological polar surface area (TPSA) is 90.4 Å². The molecule has 3 aliphatic rings. The fraction of sp³-hybridized carbons (Fsp3) is 0.395. The Balaban J connectivity index is 1.47. The normalized spacial score (nSPS) is 26.7. The number of rotatable bonds is 13. The van der Waals surface area contributed by atoms with Crippen molar-refractivity contribution in [3.05, 3.63) is 104 Å². The predicted octanol–water partition coefficient (Wildman–Crippen LogP) is 5.14. The Labute approximate surface area is 284 Å². The van der Waals surface area contributed by atoms with Gasteiger partial charge in [-0.25, -0.2) is 0 Å². The summed E-state index contributed by atoms with van der Waals surface area (Å²) < 4.78 is 6.81. The van der Waals surface area contributed by atoms with Crippen molar-refractivity contribution in [2.75, 3.05) is 31.1 Å². The van der Waals surface area contributed by atoms with Gasteiger partial charge in [-0.3, -0.25) is 14.4 Å². The van der Waals surface area contributed by atoms with Gasteiger partial charge < -0.3 is 24.5 Å². The lowest BCUT2D eigenvalue weighted by Gasteiger charge is -2.39. The Bertz CT molecular complexity index is 1670. The molecule has 0 aliphatic carbocycles. The van der Waals surface area contributed by atoms with Gasteiger partial charge in [0, 0.05) is 30.1 Å². The number of carbonyl (C=O) groups excluding carboxylic acids is 3. The number of halogens is 1. The Morgan fingerprint density at radius 2 is 1.74 bits per heavy atom. The van der Waals surface area contributed by atoms with E-state index in [-0.39, 0.29) is 35.7 Å². The standard InChI is InChI=1S/C38H42BrN3O5/c1-4-18-40(19-5-2)35(44)31-32-36(45)42(29(24-43)21-25-12-8-7-9-13-25)34(38(32)23-30(39)33(31)47-38)37(46)41(20-6-3)28-17-16-26-14-10-11-15-27(26)22-28/h4,6-17,22,29-34,43H,1,3,5,18-21,23-24H2,2H3/t29-,30?,31+,32+,33+,34?,38?/m1/s1. The minimum atomic E-state index is -1.26. The van der Waals surface area contributed by atoms with Gasteiger partial charge in [-0.15, -0.1) is 13.2 Å². The lowest BCUT2D eigenvalue weighted by molar-refractivity contribution is -0.147. The number of nitrogens with zero attached hydrogens (tertiary/aromatic N) is 3. The molecule has 0 aromatic heterocycles. The number of carbonyl (C=O) groups is 3. The summed E-state index contributed by atoms with van der Waals surface area (Å²) in [5.41, 5.74) is 0.328. The molecule has 2 bridgehead atoms. The molecule has 0 saturated carbocycles. The number of alkyl halides is 1. The molecular formula is C38H42BrN3O5. The average molecular weight is 701 g/mol. The molecule has 3 aliphatic heterocycles. The minimum absolute atomic E-state index is 0.171. The van der Waals surface area contributed by atoms with Crippen LogP contribution in [0.5, 0.6) is 0 Å². The van der Waals surface area contributed by atoms with Gasteiger partial charge in [-0.2, -0.15) is 0 Å². The summed E-state index contributed by atoms with van der Waals surface area (Å²) in [7, 11) is 0. The molecule has 47 heavy (non-hydrogen) atoms. The van der Waals surface area contributed by atoms with Gasteiger partial charge in [0.1, 0.15) is 11.6 Å². The number of aliphatic hydroxyl groups excluding tert-OH is 1. The molecule has 246 valence electrons. The molecule has 3 heterocycles. The van der Waals surface area contributed by atoms with Crippen LogP contribution >= 0.6 is 15.9 Å². The molecule has 3 unspecified atom stereocenters. The largest absolute Gasteiger partial charge is 0.394 e. The molecule has 6 rings (SSSR count). The molecule has 9 heteroatoms. The number of fused-ring (bicyclic) bond motifs is 2. The van der Waals surface area contributed by atoms with Crippen molar-refractivity contribution in [2.45, 2.75) is 54.8 Å². The third-order valence-corrected chi connectivity index (χ3v) is 10.8. The first-order chi connectivity index (χ1) is 22.8. The number of anilines is 1. The second kappa shape index (κ2) is 13.7. The molecule has 1 spiro atoms. The minimum Gasteiger partial charge on any atom is -0.394 e. The van der Waals surface area contributed by atoms with E-state index in [1.54, 1.807) is 26.9 Å². The maximum absolute atomic E-state index is 15.1. The second-order valence-corrected chi connectivity index (χ2v) is 14.0. The summed E-state index contributed by atoms with van der Waals surface area (Å²) in [6, 6.07) is 21.6. The van der Waals surface area contributed by atoms with Gasteiger partial charge in [-0.1, -0.05) is 95.7 Å². The van der Waals surface area contributed by atoms with Gasteiger partial charge in [0.2, 0.25) is 11.8 Å². The molecule has 3 aromatic rings. The molecule has 3 aromatic carbocycles. The first-order valence-electron chi connectivity index (χ1n) is 16.4. The lowest BCUT2D eigenvalue weighted by atomic mass is 9.70. The Morgan fingerprint density at radius 1 is 1.04 bits per heavy atom. The molecule has 1 N–H and O–H groups in total. The van der Waals surface area contributed by atoms with Gasteiger partial charge in [0.05, 0.1) is 30.6 Å². The molecule has 3 amide bonds. The number of aliphatic hydroxyl groups is 1. The van der Waals surface area contributed by atoms with Gasteiger partial charge in [-0.05, 0) is 47.7 Å². The van der Waals surface area contributed by atoms with Crippen LogP contribution in [0.2, 0.25) is 0 Å². The fourth-order valence-electron chi connectivity index (χ4n) is 8.03. The predicted molar refractivity (Wildman–Crippen MR) is 187 cm³/mol. The van der Waals surface area contributed by atoms with Crippen LogP contribution in [-0.4, -0.2) is 87.5 Å². The molecular weight excluding hydrogens is 658 g/mol. The van der Waals surface area contributed by atoms with E-state index < -0.39 is 35.6 Å². The summed E-state index contributed by atoms with van der Waals surface area (Å²) in [5, 5.41) is 12.9. The summed E-state index contributed by atoms with van der Waals surface area (Å²) in [6.45, 7) is 10.5. The van der Waals surface area contributed by atoms with Crippen LogP contribution in [-0.2, 0) is 25.5 Å². The quantitative estimate of drug-likeness (QED) is 0.197. The first-order valence-corrected chi connectivity index (χ1v) is 17.3. The van der Waals surface area contributed by atoms with Crippen molar-refractivity contribution in [1.29, 1.82) is 0 Å². The second-order valence-electron chi connectivity index (χ2n) is 12.8. The van der Waals surface area contributed by atoms with Crippen LogP contribution in [0.15, 0.2) is 98.1 Å². The van der Waals surface area contributed by atoms with Crippen LogP contribution in [0.1, 0.15) is 25.3 Å². The van der Waals surface area contributed by atoms with Gasteiger partial charge in [0.15, 0.2) is 0 Å². The van der Waals surface area contributed by atoms with Gasteiger partial charge in [0.25, 0.3) is 5.91 Å². The van der Waals surface area contributed by atoms with E-state index in [1.165, 1.54) is 0 Å². The van der Waals surface area contributed by atoms with Crippen molar-refractivity contribution in [3.8, 4) is 0 Å². The zero-order valence-electron chi connectivity index (χ0n) is 26.7. The molecule has 0 radical (unpaired) electrons. The number of hydrogen-bond acceptors (Lipinski definition) is 5. The van der Waals surface area contributed by atoms with Crippen LogP contribution in [0.4, 0.5) is 5.69 Å². The number of likely N-dealkylation sites (tertiary alicyclic amines) is 1. The Morgan fingerprint density at radius 3 is 2.43 bits per heavy atom. The molecule has 3 saturated heterocycles. The van der Waals surface area contributed by atoms with Crippen LogP contribution in [0, 0.1) is 11.8 Å². The number of benzene rings is 3. The number of ether oxygens (including phenoxy) is 1. The van der Waals surface area contributed by atoms with Crippen LogP contribution < -0.4 is 4.90 Å². The highest BCUT2D eigenvalue weighted by Gasteiger charge is 2.77. The average Bonchev–Trinajstić information content (AvgIpc) is 3.68. The molecule has 8 nitrogen and oxygen atoms in total.